The van der Waals surface area contributed by atoms with E-state index in [9.17, 15) is 4.79 Å². The summed E-state index contributed by atoms with van der Waals surface area (Å²) in [5.41, 5.74) is 0.632. The van der Waals surface area contributed by atoms with Gasteiger partial charge in [-0.25, -0.2) is 0 Å². The van der Waals surface area contributed by atoms with Crippen molar-refractivity contribution >= 4 is 27.5 Å². The fourth-order valence-corrected chi connectivity index (χ4v) is 1.76. The lowest BCUT2D eigenvalue weighted by molar-refractivity contribution is -0.116. The summed E-state index contributed by atoms with van der Waals surface area (Å²) in [6.45, 7) is 8.91. The molecule has 4 nitrogen and oxygen atoms in total. The van der Waals surface area contributed by atoms with Crippen molar-refractivity contribution < 1.29 is 14.3 Å². The largest absolute Gasteiger partial charge is 0.494 e. The second-order valence-corrected chi connectivity index (χ2v) is 5.65. The van der Waals surface area contributed by atoms with Crippen LogP contribution in [0.2, 0.25) is 0 Å². The summed E-state index contributed by atoms with van der Waals surface area (Å²) in [7, 11) is 0. The van der Waals surface area contributed by atoms with E-state index in [1.165, 1.54) is 0 Å². The number of carbonyl (C=O) groups is 1. The van der Waals surface area contributed by atoms with Crippen LogP contribution < -0.4 is 14.8 Å². The molecule has 0 aliphatic heterocycles. The highest BCUT2D eigenvalue weighted by molar-refractivity contribution is 9.10. The molecule has 112 valence electrons. The van der Waals surface area contributed by atoms with Crippen LogP contribution in [0.15, 0.2) is 18.2 Å². The first kappa shape index (κ1) is 16.8. The molecule has 0 radical (unpaired) electrons. The van der Waals surface area contributed by atoms with Crippen LogP contribution in [0, 0.1) is 5.92 Å². The molecule has 5 heteroatoms. The van der Waals surface area contributed by atoms with Gasteiger partial charge in [0.2, 0.25) is 5.91 Å². The van der Waals surface area contributed by atoms with Crippen molar-refractivity contribution in [1.82, 2.24) is 0 Å². The molecule has 0 heterocycles. The Labute approximate surface area is 129 Å². The summed E-state index contributed by atoms with van der Waals surface area (Å²) >= 11 is 3.39. The Hall–Kier alpha value is -1.23. The van der Waals surface area contributed by atoms with Crippen LogP contribution in [0.3, 0.4) is 0 Å². The van der Waals surface area contributed by atoms with Gasteiger partial charge in [0.05, 0.1) is 23.7 Å². The van der Waals surface area contributed by atoms with Crippen molar-refractivity contribution in [3.63, 3.8) is 0 Å². The number of alkyl halides is 1. The highest BCUT2D eigenvalue weighted by Gasteiger charge is 2.20. The molecule has 0 bridgehead atoms. The van der Waals surface area contributed by atoms with E-state index in [0.717, 1.165) is 0 Å². The van der Waals surface area contributed by atoms with Crippen LogP contribution in [0.1, 0.15) is 27.7 Å². The average Bonchev–Trinajstić information content (AvgIpc) is 2.41. The Kier molecular flexibility index (Phi) is 6.85. The monoisotopic (exact) mass is 343 g/mol. The highest BCUT2D eigenvalue weighted by Crippen LogP contribution is 2.30. The Bertz CT molecular complexity index is 449. The summed E-state index contributed by atoms with van der Waals surface area (Å²) in [5, 5.41) is 2.88. The average molecular weight is 344 g/mol. The summed E-state index contributed by atoms with van der Waals surface area (Å²) in [4.78, 5) is 11.9. The van der Waals surface area contributed by atoms with Gasteiger partial charge in [-0.15, -0.1) is 0 Å². The Morgan fingerprint density at radius 3 is 2.45 bits per heavy atom. The normalized spacial score (nSPS) is 12.1. The maximum absolute atomic E-state index is 12.1. The molecule has 0 saturated carbocycles. The molecule has 1 atom stereocenters. The number of anilines is 1. The van der Waals surface area contributed by atoms with Gasteiger partial charge in [0.25, 0.3) is 0 Å². The highest BCUT2D eigenvalue weighted by atomic mass is 79.9. The van der Waals surface area contributed by atoms with Crippen LogP contribution in [0.5, 0.6) is 11.5 Å². The first-order valence-electron chi connectivity index (χ1n) is 6.84. The molecular formula is C15H22BrNO3. The quantitative estimate of drug-likeness (QED) is 0.765. The number of nitrogens with one attached hydrogen (secondary N) is 1. The Morgan fingerprint density at radius 1 is 1.25 bits per heavy atom. The minimum atomic E-state index is -0.243. The van der Waals surface area contributed by atoms with Crippen LogP contribution in [-0.2, 0) is 4.79 Å². The van der Waals surface area contributed by atoms with Crippen molar-refractivity contribution in [3.8, 4) is 11.5 Å². The third-order valence-corrected chi connectivity index (χ3v) is 4.13. The minimum absolute atomic E-state index is 0.0883. The molecule has 1 aromatic carbocycles. The summed E-state index contributed by atoms with van der Waals surface area (Å²) in [5.74, 6) is 1.48. The van der Waals surface area contributed by atoms with Gasteiger partial charge in [0.15, 0.2) is 0 Å². The van der Waals surface area contributed by atoms with Gasteiger partial charge in [-0.05, 0) is 31.9 Å². The number of halogens is 1. The second-order valence-electron chi connectivity index (χ2n) is 4.66. The van der Waals surface area contributed by atoms with Gasteiger partial charge < -0.3 is 14.8 Å². The SMILES string of the molecule is CCOc1ccc(OCC)c(NC(=O)C(Br)C(C)C)c1. The molecule has 1 rings (SSSR count). The number of hydrogen-bond donors (Lipinski definition) is 1. The van der Waals surface area contributed by atoms with E-state index >= 15 is 0 Å². The molecule has 0 aromatic heterocycles. The van der Waals surface area contributed by atoms with Crippen molar-refractivity contribution in [3.05, 3.63) is 18.2 Å². The lowest BCUT2D eigenvalue weighted by Crippen LogP contribution is -2.27. The molecule has 1 amide bonds. The molecule has 0 spiro atoms. The smallest absolute Gasteiger partial charge is 0.238 e. The van der Waals surface area contributed by atoms with Gasteiger partial charge in [-0.3, -0.25) is 4.79 Å². The first-order valence-corrected chi connectivity index (χ1v) is 7.75. The molecule has 0 aliphatic carbocycles. The molecule has 0 saturated heterocycles. The molecule has 20 heavy (non-hydrogen) atoms. The van der Waals surface area contributed by atoms with Gasteiger partial charge >= 0.3 is 0 Å². The molecule has 0 aliphatic rings. The predicted octanol–water partition coefficient (Wildman–Crippen LogP) is 3.84. The van der Waals surface area contributed by atoms with Crippen LogP contribution in [-0.4, -0.2) is 23.9 Å². The fourth-order valence-electron chi connectivity index (χ4n) is 1.65. The number of ether oxygens (including phenoxy) is 2. The Balaban J connectivity index is 2.94. The van der Waals surface area contributed by atoms with E-state index in [0.29, 0.717) is 30.4 Å². The van der Waals surface area contributed by atoms with Crippen molar-refractivity contribution in [2.24, 2.45) is 5.92 Å². The van der Waals surface area contributed by atoms with Gasteiger partial charge in [-0.2, -0.15) is 0 Å². The predicted molar refractivity (Wildman–Crippen MR) is 85.0 cm³/mol. The van der Waals surface area contributed by atoms with E-state index in [1.54, 1.807) is 6.07 Å². The van der Waals surface area contributed by atoms with Crippen molar-refractivity contribution in [1.29, 1.82) is 0 Å². The topological polar surface area (TPSA) is 47.6 Å². The molecule has 1 aromatic rings. The van der Waals surface area contributed by atoms with Crippen LogP contribution in [0.25, 0.3) is 0 Å². The zero-order chi connectivity index (χ0) is 15.1. The van der Waals surface area contributed by atoms with Gasteiger partial charge in [-0.1, -0.05) is 29.8 Å². The fraction of sp³-hybridized carbons (Fsp3) is 0.533. The van der Waals surface area contributed by atoms with Crippen LogP contribution in [0.4, 0.5) is 5.69 Å². The van der Waals surface area contributed by atoms with Crippen molar-refractivity contribution in [2.75, 3.05) is 18.5 Å². The lowest BCUT2D eigenvalue weighted by atomic mass is 10.1. The first-order chi connectivity index (χ1) is 9.49. The standard InChI is InChI=1S/C15H22BrNO3/c1-5-19-11-7-8-13(20-6-2)12(9-11)17-15(18)14(16)10(3)4/h7-10,14H,5-6H2,1-4H3,(H,17,18). The minimum Gasteiger partial charge on any atom is -0.494 e. The molecule has 0 fully saturated rings. The number of carbonyl (C=O) groups excluding carboxylic acids is 1. The van der Waals surface area contributed by atoms with Crippen LogP contribution >= 0.6 is 15.9 Å². The Morgan fingerprint density at radius 2 is 1.90 bits per heavy atom. The summed E-state index contributed by atoms with van der Waals surface area (Å²) in [6.07, 6.45) is 0. The number of benzene rings is 1. The second kappa shape index (κ2) is 8.15. The molecular weight excluding hydrogens is 322 g/mol. The van der Waals surface area contributed by atoms with Crippen molar-refractivity contribution in [2.45, 2.75) is 32.5 Å². The van der Waals surface area contributed by atoms with Gasteiger partial charge in [0, 0.05) is 6.07 Å². The third-order valence-electron chi connectivity index (χ3n) is 2.66. The molecule has 1 unspecified atom stereocenters. The van der Waals surface area contributed by atoms with E-state index in [1.807, 2.05) is 39.8 Å². The van der Waals surface area contributed by atoms with E-state index < -0.39 is 0 Å². The number of rotatable bonds is 7. The zero-order valence-corrected chi connectivity index (χ0v) is 14.0. The summed E-state index contributed by atoms with van der Waals surface area (Å²) in [6, 6.07) is 5.42. The zero-order valence-electron chi connectivity index (χ0n) is 12.4. The van der Waals surface area contributed by atoms with E-state index in [4.69, 9.17) is 9.47 Å². The molecule has 1 N–H and O–H groups in total. The van der Waals surface area contributed by atoms with E-state index in [-0.39, 0.29) is 16.7 Å². The third kappa shape index (κ3) is 4.71. The summed E-state index contributed by atoms with van der Waals surface area (Å²) < 4.78 is 11.0. The maximum atomic E-state index is 12.1. The number of hydrogen-bond acceptors (Lipinski definition) is 3. The van der Waals surface area contributed by atoms with E-state index in [2.05, 4.69) is 21.2 Å². The van der Waals surface area contributed by atoms with Gasteiger partial charge in [0.1, 0.15) is 11.5 Å². The lowest BCUT2D eigenvalue weighted by Gasteiger charge is -2.17. The maximum Gasteiger partial charge on any atom is 0.238 e. The number of amides is 1.